The van der Waals surface area contributed by atoms with E-state index in [4.69, 9.17) is 21.1 Å². The van der Waals surface area contributed by atoms with Crippen molar-refractivity contribution in [1.29, 1.82) is 0 Å². The van der Waals surface area contributed by atoms with Crippen molar-refractivity contribution in [2.45, 2.75) is 39.4 Å². The number of aromatic nitrogens is 3. The summed E-state index contributed by atoms with van der Waals surface area (Å²) in [5.41, 5.74) is 2.59. The maximum absolute atomic E-state index is 11.0. The molecule has 7 heteroatoms. The van der Waals surface area contributed by atoms with Crippen LogP contribution in [0, 0.1) is 0 Å². The van der Waals surface area contributed by atoms with Crippen LogP contribution in [-0.2, 0) is 22.6 Å². The Bertz CT molecular complexity index is 893. The standard InChI is InChI=1S/C19H20ClN3O3/c1-13(26-14(2)24)3-8-17-11-19(23-18(22-17)9-10-21-23)25-12-15-4-6-16(20)7-5-15/h4-7,9-11,13H,3,8,12H2,1-2H3. The van der Waals surface area contributed by atoms with E-state index in [-0.39, 0.29) is 12.1 Å². The zero-order chi connectivity index (χ0) is 18.5. The molecule has 0 amide bonds. The van der Waals surface area contributed by atoms with E-state index < -0.39 is 0 Å². The highest BCUT2D eigenvalue weighted by atomic mass is 35.5. The third-order valence-corrected chi connectivity index (χ3v) is 4.11. The number of hydrogen-bond acceptors (Lipinski definition) is 5. The van der Waals surface area contributed by atoms with Crippen LogP contribution in [0.4, 0.5) is 0 Å². The van der Waals surface area contributed by atoms with Gasteiger partial charge in [-0.15, -0.1) is 0 Å². The lowest BCUT2D eigenvalue weighted by Gasteiger charge is -2.13. The molecule has 0 radical (unpaired) electrons. The smallest absolute Gasteiger partial charge is 0.302 e. The van der Waals surface area contributed by atoms with Crippen LogP contribution in [0.5, 0.6) is 5.88 Å². The summed E-state index contributed by atoms with van der Waals surface area (Å²) in [5.74, 6) is 0.341. The van der Waals surface area contributed by atoms with E-state index in [0.29, 0.717) is 36.0 Å². The Labute approximate surface area is 156 Å². The number of benzene rings is 1. The number of ether oxygens (including phenoxy) is 2. The van der Waals surface area contributed by atoms with Crippen molar-refractivity contribution < 1.29 is 14.3 Å². The van der Waals surface area contributed by atoms with Crippen molar-refractivity contribution in [3.05, 3.63) is 58.9 Å². The Balaban J connectivity index is 1.73. The second-order valence-electron chi connectivity index (χ2n) is 6.06. The molecule has 3 rings (SSSR count). The van der Waals surface area contributed by atoms with Gasteiger partial charge in [0.05, 0.1) is 12.3 Å². The zero-order valence-electron chi connectivity index (χ0n) is 14.7. The predicted octanol–water partition coefficient (Wildman–Crippen LogP) is 3.85. The molecule has 0 aliphatic carbocycles. The van der Waals surface area contributed by atoms with Gasteiger partial charge < -0.3 is 9.47 Å². The Morgan fingerprint density at radius 1 is 1.27 bits per heavy atom. The van der Waals surface area contributed by atoms with Crippen molar-refractivity contribution in [1.82, 2.24) is 14.6 Å². The highest BCUT2D eigenvalue weighted by Crippen LogP contribution is 2.19. The fourth-order valence-corrected chi connectivity index (χ4v) is 2.72. The lowest BCUT2D eigenvalue weighted by atomic mass is 10.1. The van der Waals surface area contributed by atoms with Crippen molar-refractivity contribution >= 4 is 23.2 Å². The molecule has 0 N–H and O–H groups in total. The molecule has 0 aliphatic rings. The summed E-state index contributed by atoms with van der Waals surface area (Å²) >= 11 is 5.91. The van der Waals surface area contributed by atoms with E-state index in [0.717, 1.165) is 11.3 Å². The fraction of sp³-hybridized carbons (Fsp3) is 0.316. The summed E-state index contributed by atoms with van der Waals surface area (Å²) in [4.78, 5) is 15.6. The molecule has 1 atom stereocenters. The van der Waals surface area contributed by atoms with Gasteiger partial charge in [0.2, 0.25) is 5.88 Å². The van der Waals surface area contributed by atoms with Crippen LogP contribution in [0.2, 0.25) is 5.02 Å². The maximum Gasteiger partial charge on any atom is 0.302 e. The molecule has 0 saturated heterocycles. The zero-order valence-corrected chi connectivity index (χ0v) is 15.4. The molecule has 6 nitrogen and oxygen atoms in total. The summed E-state index contributed by atoms with van der Waals surface area (Å²) in [6, 6.07) is 11.2. The minimum absolute atomic E-state index is 0.158. The number of nitrogens with zero attached hydrogens (tertiary/aromatic N) is 3. The molecule has 0 saturated carbocycles. The monoisotopic (exact) mass is 373 g/mol. The Morgan fingerprint density at radius 2 is 2.04 bits per heavy atom. The molecule has 0 bridgehead atoms. The highest BCUT2D eigenvalue weighted by molar-refractivity contribution is 6.30. The van der Waals surface area contributed by atoms with Gasteiger partial charge in [-0.1, -0.05) is 23.7 Å². The lowest BCUT2D eigenvalue weighted by molar-refractivity contribution is -0.145. The van der Waals surface area contributed by atoms with Crippen LogP contribution in [0.1, 0.15) is 31.5 Å². The van der Waals surface area contributed by atoms with Crippen LogP contribution in [0.3, 0.4) is 0 Å². The molecule has 136 valence electrons. The Kier molecular flexibility index (Phi) is 5.73. The number of fused-ring (bicyclic) bond motifs is 1. The first-order chi connectivity index (χ1) is 12.5. The first-order valence-electron chi connectivity index (χ1n) is 8.39. The largest absolute Gasteiger partial charge is 0.473 e. The van der Waals surface area contributed by atoms with Gasteiger partial charge in [0.25, 0.3) is 0 Å². The van der Waals surface area contributed by atoms with Gasteiger partial charge in [-0.25, -0.2) is 4.98 Å². The van der Waals surface area contributed by atoms with Gasteiger partial charge in [0.15, 0.2) is 5.65 Å². The topological polar surface area (TPSA) is 65.7 Å². The molecule has 0 fully saturated rings. The van der Waals surface area contributed by atoms with Gasteiger partial charge >= 0.3 is 5.97 Å². The molecular formula is C19H20ClN3O3. The molecular weight excluding hydrogens is 354 g/mol. The number of rotatable bonds is 7. The van der Waals surface area contributed by atoms with Crippen LogP contribution in [0.25, 0.3) is 5.65 Å². The molecule has 2 heterocycles. The van der Waals surface area contributed by atoms with Crippen LogP contribution in [-0.4, -0.2) is 26.7 Å². The van der Waals surface area contributed by atoms with E-state index in [1.54, 1.807) is 10.7 Å². The van der Waals surface area contributed by atoms with Crippen molar-refractivity contribution in [3.63, 3.8) is 0 Å². The van der Waals surface area contributed by atoms with E-state index >= 15 is 0 Å². The van der Waals surface area contributed by atoms with Crippen LogP contribution < -0.4 is 4.74 Å². The second-order valence-corrected chi connectivity index (χ2v) is 6.50. The minimum atomic E-state index is -0.274. The van der Waals surface area contributed by atoms with Crippen molar-refractivity contribution in [2.75, 3.05) is 0 Å². The van der Waals surface area contributed by atoms with Gasteiger partial charge in [-0.3, -0.25) is 4.79 Å². The molecule has 0 aliphatic heterocycles. The number of halogens is 1. The third kappa shape index (κ3) is 4.73. The number of carbonyl (C=O) groups excluding carboxylic acids is 1. The summed E-state index contributed by atoms with van der Waals surface area (Å²) < 4.78 is 12.8. The van der Waals surface area contributed by atoms with Crippen molar-refractivity contribution in [3.8, 4) is 5.88 Å². The van der Waals surface area contributed by atoms with Gasteiger partial charge in [-0.2, -0.15) is 9.61 Å². The van der Waals surface area contributed by atoms with E-state index in [1.807, 2.05) is 43.3 Å². The minimum Gasteiger partial charge on any atom is -0.473 e. The molecule has 3 aromatic rings. The summed E-state index contributed by atoms with van der Waals surface area (Å²) in [5, 5.41) is 4.95. The summed E-state index contributed by atoms with van der Waals surface area (Å²) in [6.07, 6.45) is 2.89. The van der Waals surface area contributed by atoms with Crippen LogP contribution >= 0.6 is 11.6 Å². The SMILES string of the molecule is CC(=O)OC(C)CCc1cc(OCc2ccc(Cl)cc2)n2nccc2n1. The Morgan fingerprint density at radius 3 is 2.77 bits per heavy atom. The van der Waals surface area contributed by atoms with Gasteiger partial charge in [0.1, 0.15) is 6.61 Å². The average Bonchev–Trinajstić information content (AvgIpc) is 3.07. The van der Waals surface area contributed by atoms with E-state index in [1.165, 1.54) is 6.92 Å². The summed E-state index contributed by atoms with van der Waals surface area (Å²) in [6.45, 7) is 3.69. The third-order valence-electron chi connectivity index (χ3n) is 3.85. The number of aryl methyl sites for hydroxylation is 1. The second kappa shape index (κ2) is 8.19. The number of carbonyl (C=O) groups is 1. The highest BCUT2D eigenvalue weighted by Gasteiger charge is 2.11. The normalized spacial score (nSPS) is 12.1. The van der Waals surface area contributed by atoms with Crippen molar-refractivity contribution in [2.24, 2.45) is 0 Å². The van der Waals surface area contributed by atoms with Gasteiger partial charge in [0, 0.05) is 29.8 Å². The van der Waals surface area contributed by atoms with E-state index in [2.05, 4.69) is 10.1 Å². The van der Waals surface area contributed by atoms with Crippen LogP contribution in [0.15, 0.2) is 42.6 Å². The molecule has 1 aromatic carbocycles. The quantitative estimate of drug-likeness (QED) is 0.588. The average molecular weight is 374 g/mol. The maximum atomic E-state index is 11.0. The van der Waals surface area contributed by atoms with Gasteiger partial charge in [-0.05, 0) is 37.5 Å². The first kappa shape index (κ1) is 18.2. The lowest BCUT2D eigenvalue weighted by Crippen LogP contribution is -2.13. The summed E-state index contributed by atoms with van der Waals surface area (Å²) in [7, 11) is 0. The number of hydrogen-bond donors (Lipinski definition) is 0. The Hall–Kier alpha value is -2.60. The molecule has 26 heavy (non-hydrogen) atoms. The first-order valence-corrected chi connectivity index (χ1v) is 8.77. The predicted molar refractivity (Wildman–Crippen MR) is 98.3 cm³/mol. The molecule has 1 unspecified atom stereocenters. The molecule has 0 spiro atoms. The number of esters is 1. The molecule has 2 aromatic heterocycles. The fourth-order valence-electron chi connectivity index (χ4n) is 2.60. The van der Waals surface area contributed by atoms with E-state index in [9.17, 15) is 4.79 Å².